The van der Waals surface area contributed by atoms with Gasteiger partial charge in [-0.2, -0.15) is 0 Å². The molecule has 2 N–H and O–H groups in total. The highest BCUT2D eigenvalue weighted by atomic mass is 79.9. The second-order valence-corrected chi connectivity index (χ2v) is 3.88. The monoisotopic (exact) mass is 266 g/mol. The van der Waals surface area contributed by atoms with E-state index in [0.29, 0.717) is 5.69 Å². The largest absolute Gasteiger partial charge is 0.475 e. The highest BCUT2D eigenvalue weighted by Gasteiger charge is 2.08. The third-order valence-electron chi connectivity index (χ3n) is 1.91. The van der Waals surface area contributed by atoms with Crippen LogP contribution in [0.5, 0.6) is 0 Å². The number of hydrogen-bond acceptors (Lipinski definition) is 2. The number of nitrogens with zero attached hydrogens (tertiary/aromatic N) is 1. The summed E-state index contributed by atoms with van der Waals surface area (Å²) in [5, 5.41) is 8.70. The fourth-order valence-corrected chi connectivity index (χ4v) is 1.63. The molecule has 0 bridgehead atoms. The molecule has 4 nitrogen and oxygen atoms in total. The molecule has 2 aromatic rings. The molecule has 76 valence electrons. The average Bonchev–Trinajstić information content (AvgIpc) is 2.66. The lowest BCUT2D eigenvalue weighted by Gasteiger charge is -1.97. The summed E-state index contributed by atoms with van der Waals surface area (Å²) in [6, 6.07) is 7.54. The molecule has 0 spiro atoms. The van der Waals surface area contributed by atoms with Crippen LogP contribution in [0.3, 0.4) is 0 Å². The number of aromatic amines is 1. The minimum Gasteiger partial charge on any atom is -0.475 e. The lowest BCUT2D eigenvalue weighted by molar-refractivity contribution is 0.0685. The number of H-pyrrole nitrogens is 1. The molecule has 0 saturated carbocycles. The van der Waals surface area contributed by atoms with E-state index in [4.69, 9.17) is 5.11 Å². The number of halogens is 1. The SMILES string of the molecule is O=C(O)c1ncc(-c2cccc(Br)c2)[nH]1. The lowest BCUT2D eigenvalue weighted by atomic mass is 10.2. The van der Waals surface area contributed by atoms with E-state index in [1.54, 1.807) is 0 Å². The first kappa shape index (κ1) is 9.92. The molecule has 0 atom stereocenters. The molecule has 1 heterocycles. The van der Waals surface area contributed by atoms with Crippen LogP contribution in [0.15, 0.2) is 34.9 Å². The summed E-state index contributed by atoms with van der Waals surface area (Å²) in [5.74, 6) is -1.11. The van der Waals surface area contributed by atoms with Gasteiger partial charge in [-0.3, -0.25) is 0 Å². The zero-order valence-electron chi connectivity index (χ0n) is 7.57. The fraction of sp³-hybridized carbons (Fsp3) is 0. The van der Waals surface area contributed by atoms with E-state index in [0.717, 1.165) is 10.0 Å². The third kappa shape index (κ3) is 2.07. The first-order chi connectivity index (χ1) is 7.16. The van der Waals surface area contributed by atoms with Crippen molar-refractivity contribution in [2.75, 3.05) is 0 Å². The molecular weight excluding hydrogens is 260 g/mol. The first-order valence-electron chi connectivity index (χ1n) is 4.21. The Morgan fingerprint density at radius 1 is 1.47 bits per heavy atom. The number of carboxylic acid groups (broad SMARTS) is 1. The van der Waals surface area contributed by atoms with Crippen molar-refractivity contribution in [2.24, 2.45) is 0 Å². The van der Waals surface area contributed by atoms with Gasteiger partial charge >= 0.3 is 5.97 Å². The van der Waals surface area contributed by atoms with Gasteiger partial charge in [0.2, 0.25) is 5.82 Å². The highest BCUT2D eigenvalue weighted by molar-refractivity contribution is 9.10. The van der Waals surface area contributed by atoms with Crippen LogP contribution in [0, 0.1) is 0 Å². The van der Waals surface area contributed by atoms with Gasteiger partial charge in [-0.1, -0.05) is 28.1 Å². The van der Waals surface area contributed by atoms with Crippen LogP contribution in [-0.2, 0) is 0 Å². The van der Waals surface area contributed by atoms with Crippen molar-refractivity contribution in [3.63, 3.8) is 0 Å². The van der Waals surface area contributed by atoms with Crippen molar-refractivity contribution in [1.29, 1.82) is 0 Å². The Morgan fingerprint density at radius 3 is 2.87 bits per heavy atom. The first-order valence-corrected chi connectivity index (χ1v) is 5.00. The van der Waals surface area contributed by atoms with Crippen LogP contribution in [0.4, 0.5) is 0 Å². The standard InChI is InChI=1S/C10H7BrN2O2/c11-7-3-1-2-6(4-7)8-5-12-9(13-8)10(14)15/h1-5H,(H,12,13)(H,14,15). The van der Waals surface area contributed by atoms with Crippen molar-refractivity contribution >= 4 is 21.9 Å². The number of nitrogens with one attached hydrogen (secondary N) is 1. The maximum Gasteiger partial charge on any atom is 0.371 e. The van der Waals surface area contributed by atoms with Gasteiger partial charge in [-0.15, -0.1) is 0 Å². The Morgan fingerprint density at radius 2 is 2.27 bits per heavy atom. The summed E-state index contributed by atoms with van der Waals surface area (Å²) < 4.78 is 0.937. The molecule has 1 aromatic carbocycles. The van der Waals surface area contributed by atoms with Gasteiger partial charge in [0.25, 0.3) is 0 Å². The van der Waals surface area contributed by atoms with Gasteiger partial charge in [-0.05, 0) is 12.1 Å². The summed E-state index contributed by atoms with van der Waals surface area (Å²) in [6.07, 6.45) is 1.51. The minimum atomic E-state index is -1.06. The molecule has 0 aliphatic heterocycles. The number of imidazole rings is 1. The normalized spacial score (nSPS) is 10.2. The lowest BCUT2D eigenvalue weighted by Crippen LogP contribution is -1.98. The van der Waals surface area contributed by atoms with Gasteiger partial charge in [0.1, 0.15) is 0 Å². The minimum absolute atomic E-state index is 0.0509. The quantitative estimate of drug-likeness (QED) is 0.878. The van der Waals surface area contributed by atoms with Crippen LogP contribution < -0.4 is 0 Å². The van der Waals surface area contributed by atoms with Crippen LogP contribution in [0.1, 0.15) is 10.6 Å². The van der Waals surface area contributed by atoms with E-state index in [2.05, 4.69) is 25.9 Å². The van der Waals surface area contributed by atoms with Crippen LogP contribution in [0.25, 0.3) is 11.3 Å². The van der Waals surface area contributed by atoms with E-state index >= 15 is 0 Å². The van der Waals surface area contributed by atoms with Crippen molar-refractivity contribution in [3.05, 3.63) is 40.8 Å². The van der Waals surface area contributed by atoms with Crippen LogP contribution in [0.2, 0.25) is 0 Å². The Labute approximate surface area is 94.1 Å². The van der Waals surface area contributed by atoms with Gasteiger partial charge in [0.15, 0.2) is 0 Å². The molecule has 0 saturated heterocycles. The summed E-state index contributed by atoms with van der Waals surface area (Å²) in [6.45, 7) is 0. The highest BCUT2D eigenvalue weighted by Crippen LogP contribution is 2.21. The second kappa shape index (κ2) is 3.86. The Hall–Kier alpha value is -1.62. The maximum absolute atomic E-state index is 10.6. The van der Waals surface area contributed by atoms with Crippen molar-refractivity contribution in [1.82, 2.24) is 9.97 Å². The Kier molecular flexibility index (Phi) is 2.55. The summed E-state index contributed by atoms with van der Waals surface area (Å²) in [5.41, 5.74) is 1.58. The number of aromatic carboxylic acids is 1. The van der Waals surface area contributed by atoms with Gasteiger partial charge in [0.05, 0.1) is 11.9 Å². The van der Waals surface area contributed by atoms with Crippen molar-refractivity contribution in [2.45, 2.75) is 0 Å². The molecule has 2 rings (SSSR count). The number of aromatic nitrogens is 2. The van der Waals surface area contributed by atoms with E-state index in [-0.39, 0.29) is 5.82 Å². The Bertz CT molecular complexity index is 508. The summed E-state index contributed by atoms with van der Waals surface area (Å²) in [7, 11) is 0. The van der Waals surface area contributed by atoms with E-state index in [9.17, 15) is 4.79 Å². The molecule has 0 radical (unpaired) electrons. The predicted molar refractivity (Wildman–Crippen MR) is 58.7 cm³/mol. The molecule has 0 fully saturated rings. The van der Waals surface area contributed by atoms with Gasteiger partial charge < -0.3 is 10.1 Å². The summed E-state index contributed by atoms with van der Waals surface area (Å²) in [4.78, 5) is 17.1. The molecule has 1 aromatic heterocycles. The Balaban J connectivity index is 2.41. The third-order valence-corrected chi connectivity index (χ3v) is 2.41. The molecule has 0 aliphatic carbocycles. The smallest absolute Gasteiger partial charge is 0.371 e. The molecular formula is C10H7BrN2O2. The summed E-state index contributed by atoms with van der Waals surface area (Å²) >= 11 is 3.34. The average molecular weight is 267 g/mol. The number of benzene rings is 1. The second-order valence-electron chi connectivity index (χ2n) is 2.96. The van der Waals surface area contributed by atoms with E-state index in [1.165, 1.54) is 6.20 Å². The predicted octanol–water partition coefficient (Wildman–Crippen LogP) is 2.54. The van der Waals surface area contributed by atoms with Gasteiger partial charge in [0, 0.05) is 10.0 Å². The number of rotatable bonds is 2. The van der Waals surface area contributed by atoms with Gasteiger partial charge in [-0.25, -0.2) is 9.78 Å². The zero-order valence-corrected chi connectivity index (χ0v) is 9.15. The zero-order chi connectivity index (χ0) is 10.8. The molecule has 0 aliphatic rings. The fourth-order valence-electron chi connectivity index (χ4n) is 1.23. The number of carbonyl (C=O) groups is 1. The van der Waals surface area contributed by atoms with E-state index in [1.807, 2.05) is 24.3 Å². The van der Waals surface area contributed by atoms with Crippen LogP contribution >= 0.6 is 15.9 Å². The molecule has 5 heteroatoms. The molecule has 0 amide bonds. The van der Waals surface area contributed by atoms with Crippen molar-refractivity contribution < 1.29 is 9.90 Å². The maximum atomic E-state index is 10.6. The number of carboxylic acids is 1. The number of hydrogen-bond donors (Lipinski definition) is 2. The van der Waals surface area contributed by atoms with Crippen molar-refractivity contribution in [3.8, 4) is 11.3 Å². The van der Waals surface area contributed by atoms with E-state index < -0.39 is 5.97 Å². The molecule has 15 heavy (non-hydrogen) atoms. The molecule has 0 unspecified atom stereocenters. The van der Waals surface area contributed by atoms with Crippen LogP contribution in [-0.4, -0.2) is 21.0 Å². The topological polar surface area (TPSA) is 66.0 Å².